The quantitative estimate of drug-likeness (QED) is 0.546. The molecule has 3 aromatic rings. The van der Waals surface area contributed by atoms with E-state index < -0.39 is 11.8 Å². The summed E-state index contributed by atoms with van der Waals surface area (Å²) in [6.07, 6.45) is 0. The second-order valence-electron chi connectivity index (χ2n) is 8.24. The number of aryl methyl sites for hydroxylation is 1. The molecule has 1 aliphatic heterocycles. The van der Waals surface area contributed by atoms with E-state index in [4.69, 9.17) is 11.6 Å². The number of rotatable bonds is 5. The van der Waals surface area contributed by atoms with Crippen molar-refractivity contribution in [3.8, 4) is 0 Å². The van der Waals surface area contributed by atoms with Crippen molar-refractivity contribution >= 4 is 46.3 Å². The number of piperazine rings is 1. The van der Waals surface area contributed by atoms with E-state index >= 15 is 0 Å². The summed E-state index contributed by atoms with van der Waals surface area (Å²) in [5.74, 6) is 1.84. The van der Waals surface area contributed by atoms with Gasteiger partial charge in [-0.1, -0.05) is 17.7 Å². The summed E-state index contributed by atoms with van der Waals surface area (Å²) in [5, 5.41) is 5.38. The molecule has 1 aromatic heterocycles. The highest BCUT2D eigenvalue weighted by Crippen LogP contribution is 2.27. The highest BCUT2D eigenvalue weighted by molar-refractivity contribution is 6.31. The molecule has 2 aromatic carbocycles. The van der Waals surface area contributed by atoms with Crippen molar-refractivity contribution < 1.29 is 9.18 Å². The number of amides is 2. The van der Waals surface area contributed by atoms with Gasteiger partial charge >= 0.3 is 6.03 Å². The Labute approximate surface area is 203 Å². The number of aromatic nitrogens is 2. The molecule has 0 saturated carbocycles. The van der Waals surface area contributed by atoms with E-state index in [2.05, 4.69) is 37.4 Å². The highest BCUT2D eigenvalue weighted by atomic mass is 35.5. The minimum Gasteiger partial charge on any atom is -0.354 e. The van der Waals surface area contributed by atoms with Crippen LogP contribution in [0.15, 0.2) is 48.5 Å². The Balaban J connectivity index is 1.47. The number of urea groups is 1. The third-order valence-corrected chi connectivity index (χ3v) is 5.94. The summed E-state index contributed by atoms with van der Waals surface area (Å²) >= 11 is 5.78. The summed E-state index contributed by atoms with van der Waals surface area (Å²) in [6.45, 7) is 5.72. The number of hydrogen-bond donors (Lipinski definition) is 2. The van der Waals surface area contributed by atoms with Crippen LogP contribution in [0.1, 0.15) is 5.82 Å². The van der Waals surface area contributed by atoms with Crippen LogP contribution in [-0.4, -0.2) is 61.2 Å². The summed E-state index contributed by atoms with van der Waals surface area (Å²) in [4.78, 5) is 28.2. The van der Waals surface area contributed by atoms with Gasteiger partial charge in [0.15, 0.2) is 0 Å². The maximum Gasteiger partial charge on any atom is 0.323 e. The number of halogens is 2. The monoisotopic (exact) mass is 483 g/mol. The van der Waals surface area contributed by atoms with E-state index in [-0.39, 0.29) is 5.02 Å². The lowest BCUT2D eigenvalue weighted by atomic mass is 10.2. The van der Waals surface area contributed by atoms with Crippen molar-refractivity contribution in [2.24, 2.45) is 0 Å². The molecule has 2 heterocycles. The molecule has 1 aliphatic rings. The zero-order valence-corrected chi connectivity index (χ0v) is 20.1. The van der Waals surface area contributed by atoms with Gasteiger partial charge < -0.3 is 25.3 Å². The van der Waals surface area contributed by atoms with Crippen molar-refractivity contribution in [3.05, 3.63) is 65.2 Å². The molecule has 178 valence electrons. The first-order valence-electron chi connectivity index (χ1n) is 10.9. The first-order valence-corrected chi connectivity index (χ1v) is 11.3. The molecule has 10 heteroatoms. The number of anilines is 5. The van der Waals surface area contributed by atoms with Crippen molar-refractivity contribution in [1.82, 2.24) is 14.9 Å². The first kappa shape index (κ1) is 23.7. The van der Waals surface area contributed by atoms with Crippen LogP contribution in [0.5, 0.6) is 0 Å². The molecule has 0 unspecified atom stereocenters. The predicted octanol–water partition coefficient (Wildman–Crippen LogP) is 4.74. The van der Waals surface area contributed by atoms with Crippen molar-refractivity contribution in [3.63, 3.8) is 0 Å². The van der Waals surface area contributed by atoms with Crippen molar-refractivity contribution in [2.75, 3.05) is 60.7 Å². The maximum absolute atomic E-state index is 13.3. The first-order chi connectivity index (χ1) is 16.3. The van der Waals surface area contributed by atoms with E-state index in [1.54, 1.807) is 6.07 Å². The lowest BCUT2D eigenvalue weighted by molar-refractivity contribution is 0.262. The van der Waals surface area contributed by atoms with E-state index in [9.17, 15) is 9.18 Å². The van der Waals surface area contributed by atoms with Crippen LogP contribution in [-0.2, 0) is 0 Å². The van der Waals surface area contributed by atoms with Gasteiger partial charge in [-0.2, -0.15) is 0 Å². The third kappa shape index (κ3) is 5.73. The molecule has 8 nitrogen and oxygen atoms in total. The van der Waals surface area contributed by atoms with Crippen LogP contribution in [0, 0.1) is 12.7 Å². The maximum atomic E-state index is 13.3. The zero-order valence-electron chi connectivity index (χ0n) is 19.3. The van der Waals surface area contributed by atoms with Gasteiger partial charge in [0.25, 0.3) is 0 Å². The van der Waals surface area contributed by atoms with Crippen molar-refractivity contribution in [1.29, 1.82) is 0 Å². The van der Waals surface area contributed by atoms with Crippen LogP contribution < -0.4 is 20.4 Å². The average Bonchev–Trinajstić information content (AvgIpc) is 2.81. The van der Waals surface area contributed by atoms with Gasteiger partial charge in [0.1, 0.15) is 23.3 Å². The number of nitrogens with zero attached hydrogens (tertiary/aromatic N) is 5. The Morgan fingerprint density at radius 2 is 1.74 bits per heavy atom. The molecular weight excluding hydrogens is 457 g/mol. The molecule has 2 amide bonds. The minimum atomic E-state index is -0.542. The Morgan fingerprint density at radius 1 is 1.03 bits per heavy atom. The van der Waals surface area contributed by atoms with Gasteiger partial charge in [0, 0.05) is 56.4 Å². The fourth-order valence-corrected chi connectivity index (χ4v) is 3.88. The zero-order chi connectivity index (χ0) is 24.2. The molecule has 1 saturated heterocycles. The number of benzene rings is 2. The Morgan fingerprint density at radius 3 is 2.44 bits per heavy atom. The van der Waals surface area contributed by atoms with E-state index in [0.717, 1.165) is 43.5 Å². The molecular formula is C24H27ClFN7O. The van der Waals surface area contributed by atoms with E-state index in [1.807, 2.05) is 43.1 Å². The van der Waals surface area contributed by atoms with Gasteiger partial charge in [-0.25, -0.2) is 19.2 Å². The predicted molar refractivity (Wildman–Crippen MR) is 135 cm³/mol. The molecule has 0 radical (unpaired) electrons. The van der Waals surface area contributed by atoms with Crippen LogP contribution >= 0.6 is 11.6 Å². The molecule has 0 spiro atoms. The minimum absolute atomic E-state index is 0.0579. The van der Waals surface area contributed by atoms with Crippen LogP contribution in [0.25, 0.3) is 0 Å². The van der Waals surface area contributed by atoms with Crippen LogP contribution in [0.3, 0.4) is 0 Å². The molecule has 4 rings (SSSR count). The van der Waals surface area contributed by atoms with E-state index in [1.165, 1.54) is 18.2 Å². The molecule has 1 fully saturated rings. The fourth-order valence-electron chi connectivity index (χ4n) is 3.70. The Kier molecular flexibility index (Phi) is 7.14. The summed E-state index contributed by atoms with van der Waals surface area (Å²) in [7, 11) is 4.05. The molecule has 0 aliphatic carbocycles. The Bertz CT molecular complexity index is 1180. The number of nitrogens with one attached hydrogen (secondary N) is 2. The lowest BCUT2D eigenvalue weighted by Gasteiger charge is -2.33. The second kappa shape index (κ2) is 10.2. The summed E-state index contributed by atoms with van der Waals surface area (Å²) in [6, 6.07) is 13.0. The number of hydrogen-bond acceptors (Lipinski definition) is 6. The lowest BCUT2D eigenvalue weighted by Crippen LogP contribution is -2.45. The van der Waals surface area contributed by atoms with Gasteiger partial charge in [-0.15, -0.1) is 0 Å². The molecule has 0 atom stereocenters. The summed E-state index contributed by atoms with van der Waals surface area (Å²) < 4.78 is 13.3. The van der Waals surface area contributed by atoms with Crippen LogP contribution in [0.4, 0.5) is 37.9 Å². The smallest absolute Gasteiger partial charge is 0.323 e. The van der Waals surface area contributed by atoms with Gasteiger partial charge in [-0.05, 0) is 50.4 Å². The largest absolute Gasteiger partial charge is 0.354 e. The topological polar surface area (TPSA) is 76.6 Å². The van der Waals surface area contributed by atoms with E-state index in [0.29, 0.717) is 17.2 Å². The molecule has 2 N–H and O–H groups in total. The third-order valence-electron chi connectivity index (χ3n) is 5.65. The normalized spacial score (nSPS) is 14.1. The van der Waals surface area contributed by atoms with Crippen molar-refractivity contribution in [2.45, 2.75) is 6.92 Å². The standard InChI is InChI=1S/C24H27ClFN7O/c1-16-27-22(15-23(28-16)33-11-9-31(2)10-12-33)32(3)19-6-4-5-17(13-19)29-24(34)30-18-7-8-21(26)20(25)14-18/h4-8,13-15H,9-12H2,1-3H3,(H2,29,30,34). The SMILES string of the molecule is Cc1nc(N2CCN(C)CC2)cc(N(C)c2cccc(NC(=O)Nc3ccc(F)c(Cl)c3)c2)n1. The molecule has 0 bridgehead atoms. The number of likely N-dealkylation sites (N-methyl/N-ethyl adjacent to an activating group) is 1. The van der Waals surface area contributed by atoms with Gasteiger partial charge in [0.2, 0.25) is 0 Å². The van der Waals surface area contributed by atoms with Gasteiger partial charge in [-0.3, -0.25) is 0 Å². The Hall–Kier alpha value is -3.43. The number of carbonyl (C=O) groups excluding carboxylic acids is 1. The fraction of sp³-hybridized carbons (Fsp3) is 0.292. The van der Waals surface area contributed by atoms with Crippen LogP contribution in [0.2, 0.25) is 5.02 Å². The highest BCUT2D eigenvalue weighted by Gasteiger charge is 2.18. The molecule has 34 heavy (non-hydrogen) atoms. The average molecular weight is 484 g/mol. The second-order valence-corrected chi connectivity index (χ2v) is 8.65. The summed E-state index contributed by atoms with van der Waals surface area (Å²) in [5.41, 5.74) is 1.84. The van der Waals surface area contributed by atoms with Gasteiger partial charge in [0.05, 0.1) is 5.02 Å². The number of carbonyl (C=O) groups is 1.